The fourth-order valence-electron chi connectivity index (χ4n) is 3.86. The lowest BCUT2D eigenvalue weighted by Crippen LogP contribution is -2.28. The molecule has 0 aliphatic carbocycles. The number of carbonyl (C=O) groups is 2. The molecular weight excluding hydrogens is 486 g/mol. The average Bonchev–Trinajstić information content (AvgIpc) is 3.58. The van der Waals surface area contributed by atoms with Crippen LogP contribution in [0.25, 0.3) is 0 Å². The highest BCUT2D eigenvalue weighted by Crippen LogP contribution is 2.32. The predicted molar refractivity (Wildman–Crippen MR) is 134 cm³/mol. The third kappa shape index (κ3) is 6.52. The van der Waals surface area contributed by atoms with Crippen molar-refractivity contribution in [1.29, 1.82) is 5.41 Å². The first kappa shape index (κ1) is 25.5. The van der Waals surface area contributed by atoms with Gasteiger partial charge in [0.15, 0.2) is 0 Å². The molecule has 2 fully saturated rings. The number of hydrogen-bond acceptors (Lipinski definition) is 8. The molecule has 0 saturated carbocycles. The van der Waals surface area contributed by atoms with Gasteiger partial charge >= 0.3 is 0 Å². The van der Waals surface area contributed by atoms with Gasteiger partial charge in [0.25, 0.3) is 11.8 Å². The molecule has 2 aromatic rings. The molecule has 4 rings (SSSR count). The molecule has 2 saturated heterocycles. The Hall–Kier alpha value is -3.63. The number of aromatic nitrogens is 1. The van der Waals surface area contributed by atoms with Gasteiger partial charge in [-0.2, -0.15) is 0 Å². The lowest BCUT2D eigenvalue weighted by atomic mass is 10.1. The highest BCUT2D eigenvalue weighted by molar-refractivity contribution is 6.32. The topological polar surface area (TPSA) is 126 Å². The standard InChI is InChI=1S/C25H28ClN5O5/c1-28-6-4-22(27)30-23(32)16-10-19(35-18-5-9-34-15-18)13-20(11-16)36-24-21(26)12-17(14-29-24)25(33)31-7-2-3-8-31/h4,6,10-14,18,28H,2-3,5,7-9,15H2,1H3,(H2,27,30,32)/b6-4-. The van der Waals surface area contributed by atoms with Crippen molar-refractivity contribution in [2.24, 2.45) is 0 Å². The zero-order valence-corrected chi connectivity index (χ0v) is 20.6. The van der Waals surface area contributed by atoms with Crippen LogP contribution >= 0.6 is 11.6 Å². The van der Waals surface area contributed by atoms with Gasteiger partial charge in [-0.05, 0) is 43.3 Å². The van der Waals surface area contributed by atoms with Gasteiger partial charge in [0.1, 0.15) is 28.5 Å². The van der Waals surface area contributed by atoms with E-state index in [0.717, 1.165) is 32.4 Å². The van der Waals surface area contributed by atoms with E-state index in [1.807, 2.05) is 0 Å². The highest BCUT2D eigenvalue weighted by Gasteiger charge is 2.22. The van der Waals surface area contributed by atoms with Crippen molar-refractivity contribution in [3.05, 3.63) is 58.9 Å². The van der Waals surface area contributed by atoms with Crippen LogP contribution in [-0.2, 0) is 4.74 Å². The Bertz CT molecular complexity index is 1160. The monoisotopic (exact) mass is 513 g/mol. The average molecular weight is 514 g/mol. The van der Waals surface area contributed by atoms with Crippen LogP contribution in [0.4, 0.5) is 0 Å². The van der Waals surface area contributed by atoms with Gasteiger partial charge < -0.3 is 29.7 Å². The molecule has 3 N–H and O–H groups in total. The SMILES string of the molecule is CN/C=C\C(=N)NC(=O)c1cc(Oc2ncc(C(=O)N3CCCC3)cc2Cl)cc(OC2CCOC2)c1. The van der Waals surface area contributed by atoms with E-state index in [2.05, 4.69) is 15.6 Å². The van der Waals surface area contributed by atoms with E-state index in [1.54, 1.807) is 24.1 Å². The van der Waals surface area contributed by atoms with Crippen molar-refractivity contribution in [3.63, 3.8) is 0 Å². The number of hydrogen-bond donors (Lipinski definition) is 3. The Morgan fingerprint density at radius 2 is 1.97 bits per heavy atom. The van der Waals surface area contributed by atoms with Gasteiger partial charge in [0.05, 0.1) is 18.8 Å². The molecule has 0 bridgehead atoms. The number of halogens is 1. The normalized spacial score (nSPS) is 17.3. The minimum atomic E-state index is -0.510. The molecule has 2 aliphatic heterocycles. The molecule has 10 nitrogen and oxygen atoms in total. The van der Waals surface area contributed by atoms with Crippen LogP contribution in [-0.4, -0.2) is 67.0 Å². The molecule has 1 aromatic heterocycles. The summed E-state index contributed by atoms with van der Waals surface area (Å²) in [5.74, 6) is 0.0484. The molecule has 3 heterocycles. The number of amides is 2. The summed E-state index contributed by atoms with van der Waals surface area (Å²) in [5, 5.41) is 13.3. The van der Waals surface area contributed by atoms with Gasteiger partial charge in [0, 0.05) is 44.4 Å². The molecule has 1 atom stereocenters. The Morgan fingerprint density at radius 3 is 2.67 bits per heavy atom. The minimum Gasteiger partial charge on any atom is -0.488 e. The first-order valence-electron chi connectivity index (χ1n) is 11.7. The summed E-state index contributed by atoms with van der Waals surface area (Å²) in [6, 6.07) is 6.23. The van der Waals surface area contributed by atoms with E-state index in [-0.39, 0.29) is 40.1 Å². The quantitative estimate of drug-likeness (QED) is 0.365. The van der Waals surface area contributed by atoms with Crippen molar-refractivity contribution in [3.8, 4) is 17.4 Å². The van der Waals surface area contributed by atoms with Gasteiger partial charge in [0.2, 0.25) is 5.88 Å². The first-order valence-corrected chi connectivity index (χ1v) is 12.1. The summed E-state index contributed by atoms with van der Waals surface area (Å²) in [6.07, 6.45) is 6.93. The minimum absolute atomic E-state index is 0.0877. The molecule has 36 heavy (non-hydrogen) atoms. The number of benzene rings is 1. The van der Waals surface area contributed by atoms with E-state index >= 15 is 0 Å². The zero-order valence-electron chi connectivity index (χ0n) is 19.9. The smallest absolute Gasteiger partial charge is 0.257 e. The number of amidine groups is 1. The van der Waals surface area contributed by atoms with Gasteiger partial charge in [-0.25, -0.2) is 4.98 Å². The van der Waals surface area contributed by atoms with E-state index in [4.69, 9.17) is 31.2 Å². The molecular formula is C25H28ClN5O5. The van der Waals surface area contributed by atoms with Crippen LogP contribution in [0, 0.1) is 5.41 Å². The van der Waals surface area contributed by atoms with Crippen molar-refractivity contribution < 1.29 is 23.8 Å². The van der Waals surface area contributed by atoms with E-state index in [1.165, 1.54) is 30.6 Å². The van der Waals surface area contributed by atoms with Crippen molar-refractivity contribution >= 4 is 29.3 Å². The zero-order chi connectivity index (χ0) is 25.5. The summed E-state index contributed by atoms with van der Waals surface area (Å²) in [6.45, 7) is 2.50. The molecule has 1 aromatic carbocycles. The third-order valence-electron chi connectivity index (χ3n) is 5.66. The third-order valence-corrected chi connectivity index (χ3v) is 5.93. The van der Waals surface area contributed by atoms with Gasteiger partial charge in [-0.1, -0.05) is 11.6 Å². The van der Waals surface area contributed by atoms with Crippen molar-refractivity contribution in [2.75, 3.05) is 33.4 Å². The van der Waals surface area contributed by atoms with Crippen LogP contribution in [0.2, 0.25) is 5.02 Å². The second-order valence-electron chi connectivity index (χ2n) is 8.40. The van der Waals surface area contributed by atoms with Gasteiger partial charge in [-0.3, -0.25) is 15.0 Å². The van der Waals surface area contributed by atoms with Crippen LogP contribution in [0.3, 0.4) is 0 Å². The summed E-state index contributed by atoms with van der Waals surface area (Å²) < 4.78 is 17.3. The molecule has 2 amide bonds. The maximum absolute atomic E-state index is 12.8. The molecule has 2 aliphatic rings. The fraction of sp³-hybridized carbons (Fsp3) is 0.360. The maximum atomic E-state index is 12.8. The number of pyridine rings is 1. The van der Waals surface area contributed by atoms with Crippen LogP contribution in [0.5, 0.6) is 17.4 Å². The largest absolute Gasteiger partial charge is 0.488 e. The maximum Gasteiger partial charge on any atom is 0.257 e. The number of likely N-dealkylation sites (tertiary alicyclic amines) is 1. The van der Waals surface area contributed by atoms with E-state index in [0.29, 0.717) is 24.5 Å². The fourth-order valence-corrected chi connectivity index (χ4v) is 4.07. The van der Waals surface area contributed by atoms with E-state index in [9.17, 15) is 9.59 Å². The Morgan fingerprint density at radius 1 is 1.19 bits per heavy atom. The summed E-state index contributed by atoms with van der Waals surface area (Å²) in [5.41, 5.74) is 0.613. The van der Waals surface area contributed by atoms with Crippen molar-refractivity contribution in [2.45, 2.75) is 25.4 Å². The van der Waals surface area contributed by atoms with Gasteiger partial charge in [-0.15, -0.1) is 0 Å². The number of ether oxygens (including phenoxy) is 3. The summed E-state index contributed by atoms with van der Waals surface area (Å²) in [7, 11) is 1.69. The molecule has 190 valence electrons. The van der Waals surface area contributed by atoms with Crippen LogP contribution in [0.1, 0.15) is 40.0 Å². The number of rotatable bonds is 8. The number of nitrogens with zero attached hydrogens (tertiary/aromatic N) is 2. The van der Waals surface area contributed by atoms with Crippen molar-refractivity contribution in [1.82, 2.24) is 20.5 Å². The Balaban J connectivity index is 1.55. The predicted octanol–water partition coefficient (Wildman–Crippen LogP) is 3.37. The van der Waals surface area contributed by atoms with Crippen LogP contribution in [0.15, 0.2) is 42.7 Å². The Kier molecular flexibility index (Phi) is 8.40. The summed E-state index contributed by atoms with van der Waals surface area (Å²) >= 11 is 6.40. The molecule has 11 heteroatoms. The molecule has 0 radical (unpaired) electrons. The number of nitrogens with one attached hydrogen (secondary N) is 3. The summed E-state index contributed by atoms with van der Waals surface area (Å²) in [4.78, 5) is 31.5. The lowest BCUT2D eigenvalue weighted by Gasteiger charge is -2.16. The second-order valence-corrected chi connectivity index (χ2v) is 8.81. The van der Waals surface area contributed by atoms with E-state index < -0.39 is 5.91 Å². The highest BCUT2D eigenvalue weighted by atomic mass is 35.5. The number of carbonyl (C=O) groups excluding carboxylic acids is 2. The lowest BCUT2D eigenvalue weighted by molar-refractivity contribution is 0.0792. The second kappa shape index (κ2) is 11.9. The molecule has 1 unspecified atom stereocenters. The van der Waals surface area contributed by atoms with Crippen LogP contribution < -0.4 is 20.1 Å². The first-order chi connectivity index (χ1) is 17.4. The Labute approximate surface area is 214 Å². The molecule has 0 spiro atoms.